The molecule has 1 fully saturated rings. The van der Waals surface area contributed by atoms with Crippen molar-refractivity contribution < 1.29 is 59.4 Å². The third-order valence-corrected chi connectivity index (χ3v) is 8.09. The molecule has 0 radical (unpaired) electrons. The quantitative estimate of drug-likeness (QED) is 0.135. The van der Waals surface area contributed by atoms with E-state index in [-0.39, 0.29) is 22.5 Å². The summed E-state index contributed by atoms with van der Waals surface area (Å²) in [6.07, 6.45) is -3.27. The number of carboxylic acid groups (broad SMARTS) is 2. The van der Waals surface area contributed by atoms with Crippen LogP contribution in [0, 0.1) is 6.92 Å². The average molecular weight is 700 g/mol. The Bertz CT molecular complexity index is 1370. The minimum Gasteiger partial charge on any atom is -0.475 e. The van der Waals surface area contributed by atoms with E-state index in [0.717, 1.165) is 4.88 Å². The first-order chi connectivity index (χ1) is 20.1. The van der Waals surface area contributed by atoms with Crippen LogP contribution in [0.4, 0.5) is 37.2 Å². The Hall–Kier alpha value is -3.23. The summed E-state index contributed by atoms with van der Waals surface area (Å²) in [4.78, 5) is 38.3. The minimum absolute atomic E-state index is 0.000455. The zero-order chi connectivity index (χ0) is 33.9. The van der Waals surface area contributed by atoms with Gasteiger partial charge in [0.2, 0.25) is 15.9 Å². The number of hydrogen-bond acceptors (Lipinski definition) is 9. The highest BCUT2D eigenvalue weighted by Gasteiger charge is 2.38. The van der Waals surface area contributed by atoms with Crippen molar-refractivity contribution in [3.05, 3.63) is 23.1 Å². The van der Waals surface area contributed by atoms with Crippen LogP contribution in [-0.4, -0.2) is 77.1 Å². The van der Waals surface area contributed by atoms with Gasteiger partial charge in [-0.05, 0) is 38.8 Å². The number of aromatic nitrogens is 2. The number of nitrogens with one attached hydrogen (secondary N) is 3. The normalized spacial score (nSPS) is 13.7. The molecule has 44 heavy (non-hydrogen) atoms. The van der Waals surface area contributed by atoms with Crippen molar-refractivity contribution in [1.82, 2.24) is 15.3 Å². The van der Waals surface area contributed by atoms with Gasteiger partial charge in [-0.15, -0.1) is 0 Å². The van der Waals surface area contributed by atoms with Crippen molar-refractivity contribution in [2.24, 2.45) is 0 Å². The summed E-state index contributed by atoms with van der Waals surface area (Å²) in [5.74, 6) is -5.72. The zero-order valence-corrected chi connectivity index (χ0v) is 25.4. The van der Waals surface area contributed by atoms with Gasteiger partial charge in [-0.2, -0.15) is 26.3 Å². The number of aryl methyl sites for hydroxylation is 1. The number of alkyl halides is 6. The molecule has 2 aromatic heterocycles. The van der Waals surface area contributed by atoms with Gasteiger partial charge in [0.15, 0.2) is 10.3 Å². The molecule has 0 aromatic carbocycles. The molecule has 2 aromatic rings. The van der Waals surface area contributed by atoms with Crippen LogP contribution in [-0.2, 0) is 24.4 Å². The second kappa shape index (κ2) is 16.7. The highest BCUT2D eigenvalue weighted by molar-refractivity contribution is 7.92. The van der Waals surface area contributed by atoms with Gasteiger partial charge in [-0.1, -0.05) is 35.8 Å². The monoisotopic (exact) mass is 699 g/mol. The second-order valence-electron chi connectivity index (χ2n) is 8.99. The maximum Gasteiger partial charge on any atom is 0.490 e. The van der Waals surface area contributed by atoms with Crippen molar-refractivity contribution in [2.75, 3.05) is 22.3 Å². The predicted octanol–water partition coefficient (Wildman–Crippen LogP) is 5.06. The average Bonchev–Trinajstić information content (AvgIpc) is 3.52. The van der Waals surface area contributed by atoms with Crippen LogP contribution in [0.2, 0.25) is 5.15 Å². The summed E-state index contributed by atoms with van der Waals surface area (Å²) in [6.45, 7) is 3.90. The molecular weight excluding hydrogens is 672 g/mol. The van der Waals surface area contributed by atoms with Crippen LogP contribution >= 0.6 is 22.9 Å². The molecule has 0 saturated heterocycles. The number of amides is 1. The number of pyridine rings is 1. The highest BCUT2D eigenvalue weighted by atomic mass is 35.5. The van der Waals surface area contributed by atoms with Crippen LogP contribution in [0.25, 0.3) is 10.4 Å². The Morgan fingerprint density at radius 3 is 2.07 bits per heavy atom. The molecule has 3 rings (SSSR count). The molecule has 2 heterocycles. The Balaban J connectivity index is 0.000000574. The first-order valence-corrected chi connectivity index (χ1v) is 15.2. The Labute approximate surface area is 256 Å². The summed E-state index contributed by atoms with van der Waals surface area (Å²) < 4.78 is 91.0. The lowest BCUT2D eigenvalue weighted by Crippen LogP contribution is -2.29. The van der Waals surface area contributed by atoms with E-state index >= 15 is 0 Å². The van der Waals surface area contributed by atoms with Crippen LogP contribution in [0.3, 0.4) is 0 Å². The molecule has 1 aliphatic rings. The van der Waals surface area contributed by atoms with Gasteiger partial charge in [0.05, 0.1) is 22.0 Å². The first kappa shape index (κ1) is 38.8. The fourth-order valence-corrected chi connectivity index (χ4v) is 5.75. The van der Waals surface area contributed by atoms with E-state index < -0.39 is 34.3 Å². The smallest absolute Gasteiger partial charge is 0.475 e. The molecule has 5 N–H and O–H groups in total. The van der Waals surface area contributed by atoms with Gasteiger partial charge in [0.25, 0.3) is 0 Å². The lowest BCUT2D eigenvalue weighted by Gasteiger charge is -2.13. The predicted molar refractivity (Wildman–Crippen MR) is 149 cm³/mol. The molecule has 0 bridgehead atoms. The lowest BCUT2D eigenvalue weighted by molar-refractivity contribution is -0.193. The third-order valence-electron chi connectivity index (χ3n) is 5.31. The van der Waals surface area contributed by atoms with Gasteiger partial charge < -0.3 is 20.8 Å². The fourth-order valence-electron chi connectivity index (χ4n) is 3.43. The van der Waals surface area contributed by atoms with Crippen LogP contribution in [0.15, 0.2) is 12.3 Å². The second-order valence-corrected chi connectivity index (χ2v) is 12.2. The topological polar surface area (TPSA) is 188 Å². The molecular formula is C23H28ClF6N5O7S2. The zero-order valence-electron chi connectivity index (χ0n) is 23.0. The van der Waals surface area contributed by atoms with Crippen molar-refractivity contribution in [3.8, 4) is 10.4 Å². The van der Waals surface area contributed by atoms with Gasteiger partial charge in [-0.3, -0.25) is 9.52 Å². The maximum atomic E-state index is 12.5. The number of carbonyl (C=O) groups is 3. The van der Waals surface area contributed by atoms with Crippen molar-refractivity contribution in [1.29, 1.82) is 0 Å². The molecule has 0 atom stereocenters. The van der Waals surface area contributed by atoms with Crippen molar-refractivity contribution in [2.45, 2.75) is 64.3 Å². The van der Waals surface area contributed by atoms with E-state index in [9.17, 15) is 39.6 Å². The Kier molecular flexibility index (Phi) is 14.8. The number of hydrogen-bond donors (Lipinski definition) is 5. The number of halogens is 7. The summed E-state index contributed by atoms with van der Waals surface area (Å²) in [6, 6.07) is 2.16. The van der Waals surface area contributed by atoms with Gasteiger partial charge in [-0.25, -0.2) is 28.0 Å². The molecule has 248 valence electrons. The number of sulfonamides is 1. The van der Waals surface area contributed by atoms with Gasteiger partial charge in [0, 0.05) is 24.7 Å². The van der Waals surface area contributed by atoms with Crippen LogP contribution in [0.1, 0.15) is 44.7 Å². The minimum atomic E-state index is -5.08. The third kappa shape index (κ3) is 14.5. The Morgan fingerprint density at radius 1 is 1.07 bits per heavy atom. The molecule has 12 nitrogen and oxygen atoms in total. The fraction of sp³-hybridized carbons (Fsp3) is 0.522. The van der Waals surface area contributed by atoms with Crippen molar-refractivity contribution in [3.63, 3.8) is 0 Å². The van der Waals surface area contributed by atoms with Crippen LogP contribution < -0.4 is 15.4 Å². The van der Waals surface area contributed by atoms with E-state index in [1.54, 1.807) is 12.3 Å². The first-order valence-electron chi connectivity index (χ1n) is 12.4. The SMILES string of the molecule is CC(=O)Nc1nc(C)c(-c2cnc(Cl)c(NS(=O)(=O)CCCNC3CCCC3)c2)s1.O=C(O)C(F)(F)F.O=C(O)C(F)(F)F. The largest absolute Gasteiger partial charge is 0.490 e. The van der Waals surface area contributed by atoms with E-state index in [1.807, 2.05) is 6.92 Å². The van der Waals surface area contributed by atoms with E-state index in [1.165, 1.54) is 43.9 Å². The number of thiazole rings is 1. The number of nitrogens with zero attached hydrogens (tertiary/aromatic N) is 2. The summed E-state index contributed by atoms with van der Waals surface area (Å²) in [5.41, 5.74) is 1.61. The number of anilines is 2. The molecule has 0 spiro atoms. The molecule has 1 amide bonds. The maximum absolute atomic E-state index is 12.5. The highest BCUT2D eigenvalue weighted by Crippen LogP contribution is 2.35. The summed E-state index contributed by atoms with van der Waals surface area (Å²) in [7, 11) is -3.56. The van der Waals surface area contributed by atoms with Gasteiger partial charge >= 0.3 is 24.3 Å². The lowest BCUT2D eigenvalue weighted by atomic mass is 10.2. The van der Waals surface area contributed by atoms with E-state index in [4.69, 9.17) is 31.4 Å². The standard InChI is InChI=1S/C19H26ClN5O3S2.2C2HF3O2/c1-12-17(29-19(23-12)24-13(2)26)14-10-16(18(20)22-11-14)25-30(27,28)9-5-8-21-15-6-3-4-7-15;2*3-2(4,5)1(6)7/h10-11,15,21,25H,3-9H2,1-2H3,(H,23,24,26);2*(H,6,7). The summed E-state index contributed by atoms with van der Waals surface area (Å²) >= 11 is 7.42. The number of carbonyl (C=O) groups excluding carboxylic acids is 1. The van der Waals surface area contributed by atoms with Crippen molar-refractivity contribution >= 4 is 61.6 Å². The molecule has 0 unspecified atom stereocenters. The molecule has 1 saturated carbocycles. The number of carboxylic acids is 2. The molecule has 0 aliphatic heterocycles. The van der Waals surface area contributed by atoms with E-state index in [0.29, 0.717) is 35.4 Å². The number of aliphatic carboxylic acids is 2. The van der Waals surface area contributed by atoms with E-state index in [2.05, 4.69) is 25.3 Å². The van der Waals surface area contributed by atoms with Gasteiger partial charge in [0.1, 0.15) is 0 Å². The molecule has 21 heteroatoms. The molecule has 1 aliphatic carbocycles. The Morgan fingerprint density at radius 2 is 1.59 bits per heavy atom. The number of rotatable bonds is 9. The summed E-state index contributed by atoms with van der Waals surface area (Å²) in [5, 5.41) is 20.9. The van der Waals surface area contributed by atoms with Crippen LogP contribution in [0.5, 0.6) is 0 Å².